The average Bonchev–Trinajstić information content (AvgIpc) is 3.56. The summed E-state index contributed by atoms with van der Waals surface area (Å²) in [6.07, 6.45) is 1.69. The van der Waals surface area contributed by atoms with Crippen LogP contribution in [0.2, 0.25) is 0 Å². The number of non-ortho nitro benzene ring substituents is 1. The molecule has 0 aromatic heterocycles. The number of nitrogens with zero attached hydrogens (tertiary/aromatic N) is 3. The number of fused-ring (bicyclic) bond motifs is 1. The number of nitrogens with one attached hydrogen (secondary N) is 1. The first kappa shape index (κ1) is 28.9. The van der Waals surface area contributed by atoms with Gasteiger partial charge in [-0.15, -0.1) is 0 Å². The minimum Gasteiger partial charge on any atom is -0.483 e. The Hall–Kier alpha value is -4.62. The molecule has 0 spiro atoms. The summed E-state index contributed by atoms with van der Waals surface area (Å²) in [7, 11) is 0. The molecule has 0 radical (unpaired) electrons. The highest BCUT2D eigenvalue weighted by Crippen LogP contribution is 2.41. The van der Waals surface area contributed by atoms with Gasteiger partial charge in [-0.25, -0.2) is 0 Å². The van der Waals surface area contributed by atoms with Gasteiger partial charge in [0.25, 0.3) is 17.5 Å². The van der Waals surface area contributed by atoms with E-state index in [9.17, 15) is 19.7 Å². The SMILES string of the molecule is CCN(CC)c1ccc(/C=C2/SC(=S)N(c3ccc4c(c3)OCO4)C2=O)c(OCC(=O)Nc2cccc([N+](=O)[O-])c2)c1. The van der Waals surface area contributed by atoms with Crippen molar-refractivity contribution in [1.82, 2.24) is 0 Å². The minimum absolute atomic E-state index is 0.118. The highest BCUT2D eigenvalue weighted by molar-refractivity contribution is 8.27. The molecular formula is C29H26N4O7S2. The number of hydrogen-bond donors (Lipinski definition) is 1. The van der Waals surface area contributed by atoms with E-state index in [2.05, 4.69) is 10.2 Å². The van der Waals surface area contributed by atoms with Crippen molar-refractivity contribution >= 4 is 68.9 Å². The summed E-state index contributed by atoms with van der Waals surface area (Å²) in [5.74, 6) is 0.734. The molecule has 1 fully saturated rings. The summed E-state index contributed by atoms with van der Waals surface area (Å²) in [5, 5.41) is 13.7. The molecule has 0 atom stereocenters. The number of nitro groups is 1. The van der Waals surface area contributed by atoms with Crippen LogP contribution in [0.15, 0.2) is 65.6 Å². The first-order valence-electron chi connectivity index (χ1n) is 13.0. The van der Waals surface area contributed by atoms with Crippen molar-refractivity contribution in [1.29, 1.82) is 0 Å². The predicted molar refractivity (Wildman–Crippen MR) is 165 cm³/mol. The molecule has 3 aromatic rings. The average molecular weight is 607 g/mol. The lowest BCUT2D eigenvalue weighted by Crippen LogP contribution is -2.27. The van der Waals surface area contributed by atoms with E-state index in [1.165, 1.54) is 23.1 Å². The molecule has 2 heterocycles. The summed E-state index contributed by atoms with van der Waals surface area (Å²) >= 11 is 6.69. The number of benzene rings is 3. The molecule has 0 saturated carbocycles. The van der Waals surface area contributed by atoms with E-state index in [1.807, 2.05) is 32.0 Å². The van der Waals surface area contributed by atoms with Crippen LogP contribution in [-0.2, 0) is 9.59 Å². The zero-order chi connectivity index (χ0) is 29.8. The van der Waals surface area contributed by atoms with Crippen molar-refractivity contribution in [2.45, 2.75) is 13.8 Å². The normalized spacial score (nSPS) is 14.8. The fourth-order valence-electron chi connectivity index (χ4n) is 4.45. The maximum atomic E-state index is 13.5. The van der Waals surface area contributed by atoms with Gasteiger partial charge in [0.15, 0.2) is 22.4 Å². The van der Waals surface area contributed by atoms with Crippen LogP contribution in [0.3, 0.4) is 0 Å². The van der Waals surface area contributed by atoms with Crippen LogP contribution in [0.25, 0.3) is 6.08 Å². The van der Waals surface area contributed by atoms with Gasteiger partial charge in [0.2, 0.25) is 6.79 Å². The van der Waals surface area contributed by atoms with E-state index in [0.717, 1.165) is 30.5 Å². The van der Waals surface area contributed by atoms with Crippen LogP contribution in [0, 0.1) is 10.1 Å². The highest BCUT2D eigenvalue weighted by Gasteiger charge is 2.34. The number of hydrogen-bond acceptors (Lipinski definition) is 10. The van der Waals surface area contributed by atoms with Crippen molar-refractivity contribution in [3.63, 3.8) is 0 Å². The predicted octanol–water partition coefficient (Wildman–Crippen LogP) is 5.59. The Morgan fingerprint density at radius 3 is 2.69 bits per heavy atom. The molecule has 11 nitrogen and oxygen atoms in total. The van der Waals surface area contributed by atoms with Gasteiger partial charge in [0.05, 0.1) is 15.5 Å². The van der Waals surface area contributed by atoms with Crippen LogP contribution < -0.4 is 29.3 Å². The maximum Gasteiger partial charge on any atom is 0.271 e. The Kier molecular flexibility index (Phi) is 8.59. The van der Waals surface area contributed by atoms with Crippen molar-refractivity contribution in [2.75, 3.05) is 41.6 Å². The van der Waals surface area contributed by atoms with Gasteiger partial charge >= 0.3 is 0 Å². The molecule has 2 amide bonds. The number of thiocarbonyl (C=S) groups is 1. The van der Waals surface area contributed by atoms with Gasteiger partial charge < -0.3 is 24.4 Å². The molecule has 2 aliphatic heterocycles. The van der Waals surface area contributed by atoms with E-state index in [-0.39, 0.29) is 30.7 Å². The Morgan fingerprint density at radius 2 is 1.93 bits per heavy atom. The molecule has 13 heteroatoms. The topological polar surface area (TPSA) is 123 Å². The van der Waals surface area contributed by atoms with Crippen LogP contribution in [0.1, 0.15) is 19.4 Å². The van der Waals surface area contributed by atoms with E-state index in [4.69, 9.17) is 26.4 Å². The largest absolute Gasteiger partial charge is 0.483 e. The molecule has 1 saturated heterocycles. The Bertz CT molecular complexity index is 1610. The summed E-state index contributed by atoms with van der Waals surface area (Å²) in [5.41, 5.74) is 2.18. The van der Waals surface area contributed by atoms with Crippen LogP contribution in [-0.4, -0.2) is 47.5 Å². The van der Waals surface area contributed by atoms with Gasteiger partial charge in [-0.05, 0) is 50.3 Å². The highest BCUT2D eigenvalue weighted by atomic mass is 32.2. The van der Waals surface area contributed by atoms with E-state index in [1.54, 1.807) is 30.3 Å². The number of anilines is 3. The van der Waals surface area contributed by atoms with Crippen molar-refractivity contribution in [3.8, 4) is 17.2 Å². The Labute approximate surface area is 251 Å². The van der Waals surface area contributed by atoms with Crippen LogP contribution in [0.4, 0.5) is 22.7 Å². The van der Waals surface area contributed by atoms with E-state index >= 15 is 0 Å². The number of carbonyl (C=O) groups is 2. The number of carbonyl (C=O) groups excluding carboxylic acids is 2. The molecule has 5 rings (SSSR count). The minimum atomic E-state index is -0.535. The van der Waals surface area contributed by atoms with Gasteiger partial charge in [0, 0.05) is 54.3 Å². The third kappa shape index (κ3) is 6.16. The van der Waals surface area contributed by atoms with Crippen molar-refractivity contribution in [2.24, 2.45) is 0 Å². The summed E-state index contributed by atoms with van der Waals surface area (Å²) in [6, 6.07) is 16.4. The second kappa shape index (κ2) is 12.5. The number of ether oxygens (including phenoxy) is 3. The molecular weight excluding hydrogens is 580 g/mol. The number of amides is 2. The quantitative estimate of drug-likeness (QED) is 0.135. The summed E-state index contributed by atoms with van der Waals surface area (Å²) in [6.45, 7) is 5.35. The summed E-state index contributed by atoms with van der Waals surface area (Å²) < 4.78 is 17.1. The molecule has 42 heavy (non-hydrogen) atoms. The van der Waals surface area contributed by atoms with E-state index in [0.29, 0.717) is 37.7 Å². The van der Waals surface area contributed by atoms with Gasteiger partial charge in [-0.2, -0.15) is 0 Å². The van der Waals surface area contributed by atoms with E-state index < -0.39 is 10.8 Å². The fourth-order valence-corrected chi connectivity index (χ4v) is 5.74. The second-order valence-corrected chi connectivity index (χ2v) is 10.8. The van der Waals surface area contributed by atoms with Gasteiger partial charge in [-0.1, -0.05) is 30.0 Å². The molecule has 0 unspecified atom stereocenters. The van der Waals surface area contributed by atoms with Crippen molar-refractivity contribution < 1.29 is 28.7 Å². The van der Waals surface area contributed by atoms with Crippen LogP contribution >= 0.6 is 24.0 Å². The zero-order valence-corrected chi connectivity index (χ0v) is 24.3. The Morgan fingerprint density at radius 1 is 1.14 bits per heavy atom. The van der Waals surface area contributed by atoms with Gasteiger partial charge in [-0.3, -0.25) is 24.6 Å². The molecule has 2 aliphatic rings. The second-order valence-electron chi connectivity index (χ2n) is 9.09. The third-order valence-corrected chi connectivity index (χ3v) is 7.82. The Balaban J connectivity index is 1.38. The fraction of sp³-hybridized carbons (Fsp3) is 0.207. The lowest BCUT2D eigenvalue weighted by atomic mass is 10.1. The first-order valence-corrected chi connectivity index (χ1v) is 14.2. The molecule has 0 aliphatic carbocycles. The molecule has 0 bridgehead atoms. The van der Waals surface area contributed by atoms with Crippen molar-refractivity contribution in [3.05, 3.63) is 81.2 Å². The standard InChI is InChI=1S/C29H26N4O7S2/c1-3-31(4-2)20-9-8-18(24(14-20)38-16-27(34)30-19-6-5-7-22(13-19)33(36)37)12-26-28(35)32(29(41)42-26)21-10-11-23-25(15-21)40-17-39-23/h5-15H,3-4,16-17H2,1-2H3,(H,30,34)/b26-12+. The first-order chi connectivity index (χ1) is 20.3. The third-order valence-electron chi connectivity index (χ3n) is 6.52. The lowest BCUT2D eigenvalue weighted by molar-refractivity contribution is -0.384. The number of nitro benzene ring substituents is 1. The zero-order valence-electron chi connectivity index (χ0n) is 22.7. The number of thioether (sulfide) groups is 1. The monoisotopic (exact) mass is 606 g/mol. The maximum absolute atomic E-state index is 13.5. The summed E-state index contributed by atoms with van der Waals surface area (Å²) in [4.78, 5) is 40.6. The molecule has 216 valence electrons. The smallest absolute Gasteiger partial charge is 0.271 e. The number of rotatable bonds is 10. The van der Waals surface area contributed by atoms with Crippen LogP contribution in [0.5, 0.6) is 17.2 Å². The molecule has 3 aromatic carbocycles. The lowest BCUT2D eigenvalue weighted by Gasteiger charge is -2.22. The molecule has 1 N–H and O–H groups in total. The van der Waals surface area contributed by atoms with Gasteiger partial charge in [0.1, 0.15) is 5.75 Å².